The summed E-state index contributed by atoms with van der Waals surface area (Å²) in [5, 5.41) is 18.8. The van der Waals surface area contributed by atoms with Crippen LogP contribution in [0.3, 0.4) is 0 Å². The predicted octanol–water partition coefficient (Wildman–Crippen LogP) is -0.669. The zero-order chi connectivity index (χ0) is 8.10. The van der Waals surface area contributed by atoms with Crippen LogP contribution in [0.4, 0.5) is 0 Å². The van der Waals surface area contributed by atoms with E-state index in [1.165, 1.54) is 7.11 Å². The zero-order valence-corrected chi connectivity index (χ0v) is 6.49. The lowest BCUT2D eigenvalue weighted by Crippen LogP contribution is -2.46. The molecule has 6 heteroatoms. The Morgan fingerprint density at radius 3 is 2.73 bits per heavy atom. The van der Waals surface area contributed by atoms with Gasteiger partial charge in [0.15, 0.2) is 0 Å². The number of hydrogen-bond donors (Lipinski definition) is 1. The van der Waals surface area contributed by atoms with Crippen molar-refractivity contribution in [1.29, 1.82) is 0 Å². The van der Waals surface area contributed by atoms with Gasteiger partial charge in [-0.25, -0.2) is 0 Å². The minimum atomic E-state index is 0.487. The third-order valence-electron chi connectivity index (χ3n) is 1.49. The molecule has 0 radical (unpaired) electrons. The molecule has 0 spiro atoms. The Balaban J connectivity index is 2.38. The standard InChI is InChI=1S/C5H12N4O2/c1-11-7-9(10)8-4-2-6-3-5-8/h6H,2-5H2,1H3. The van der Waals surface area contributed by atoms with Gasteiger partial charge in [-0.1, -0.05) is 0 Å². The molecule has 11 heavy (non-hydrogen) atoms. The van der Waals surface area contributed by atoms with E-state index >= 15 is 0 Å². The van der Waals surface area contributed by atoms with Gasteiger partial charge in [0.05, 0.1) is 18.1 Å². The Hall–Kier alpha value is -1.04. The molecule has 0 amide bonds. The first-order chi connectivity index (χ1) is 5.34. The smallest absolute Gasteiger partial charge is 0.232 e. The van der Waals surface area contributed by atoms with E-state index in [9.17, 15) is 5.21 Å². The van der Waals surface area contributed by atoms with Gasteiger partial charge in [-0.3, -0.25) is 0 Å². The van der Waals surface area contributed by atoms with Crippen LogP contribution in [0.25, 0.3) is 0 Å². The third kappa shape index (κ3) is 2.23. The summed E-state index contributed by atoms with van der Waals surface area (Å²) in [6, 6.07) is 0. The number of nitrogens with one attached hydrogen (secondary N) is 1. The van der Waals surface area contributed by atoms with E-state index in [1.807, 2.05) is 0 Å². The first kappa shape index (κ1) is 8.06. The van der Waals surface area contributed by atoms with Crippen LogP contribution in [0.5, 0.6) is 0 Å². The average molecular weight is 160 g/mol. The Morgan fingerprint density at radius 1 is 1.55 bits per heavy atom. The van der Waals surface area contributed by atoms with Gasteiger partial charge in [-0.2, -0.15) is 0 Å². The lowest BCUT2D eigenvalue weighted by molar-refractivity contribution is -0.711. The van der Waals surface area contributed by atoms with Crippen molar-refractivity contribution in [3.63, 3.8) is 0 Å². The predicted molar refractivity (Wildman–Crippen MR) is 37.5 cm³/mol. The van der Waals surface area contributed by atoms with Gasteiger partial charge < -0.3 is 15.4 Å². The van der Waals surface area contributed by atoms with Crippen LogP contribution < -0.4 is 5.32 Å². The van der Waals surface area contributed by atoms with Crippen molar-refractivity contribution in [3.8, 4) is 0 Å². The molecule has 0 aromatic carbocycles. The Morgan fingerprint density at radius 2 is 2.18 bits per heavy atom. The van der Waals surface area contributed by atoms with Crippen molar-refractivity contribution >= 4 is 0 Å². The highest BCUT2D eigenvalue weighted by Crippen LogP contribution is 1.92. The number of rotatable bonds is 2. The van der Waals surface area contributed by atoms with Crippen molar-refractivity contribution < 1.29 is 9.81 Å². The molecule has 0 saturated carbocycles. The molecule has 0 atom stereocenters. The molecule has 0 unspecified atom stereocenters. The van der Waals surface area contributed by atoms with Crippen LogP contribution in [-0.2, 0) is 4.84 Å². The average Bonchev–Trinajstić information content (AvgIpc) is 2.07. The molecule has 1 aliphatic rings. The highest BCUT2D eigenvalue weighted by molar-refractivity contribution is 4.58. The van der Waals surface area contributed by atoms with Crippen LogP contribution in [-0.4, -0.2) is 43.3 Å². The maximum atomic E-state index is 10.9. The molecule has 0 aliphatic carbocycles. The molecule has 1 heterocycles. The molecule has 1 aliphatic heterocycles. The minimum Gasteiger partial charge on any atom is -0.569 e. The molecular weight excluding hydrogens is 148 g/mol. The molecule has 0 bridgehead atoms. The van der Waals surface area contributed by atoms with Crippen LogP contribution in [0.15, 0.2) is 5.28 Å². The maximum Gasteiger partial charge on any atom is 0.232 e. The van der Waals surface area contributed by atoms with Gasteiger partial charge in [0.2, 0.25) is 5.28 Å². The van der Waals surface area contributed by atoms with Gasteiger partial charge in [0, 0.05) is 13.1 Å². The topological polar surface area (TPSA) is 62.9 Å². The second kappa shape index (κ2) is 3.97. The summed E-state index contributed by atoms with van der Waals surface area (Å²) in [6.45, 7) is 2.99. The summed E-state index contributed by atoms with van der Waals surface area (Å²) < 4.78 is 0. The van der Waals surface area contributed by atoms with Crippen molar-refractivity contribution in [2.45, 2.75) is 0 Å². The molecule has 1 N–H and O–H groups in total. The fourth-order valence-electron chi connectivity index (χ4n) is 0.946. The summed E-state index contributed by atoms with van der Waals surface area (Å²) in [5.41, 5.74) is 0. The van der Waals surface area contributed by atoms with Gasteiger partial charge >= 0.3 is 0 Å². The SMILES string of the molecule is CON=[N+]([O-])N1CCNCC1. The largest absolute Gasteiger partial charge is 0.569 e. The monoisotopic (exact) mass is 160 g/mol. The minimum absolute atomic E-state index is 0.487. The Bertz CT molecular complexity index is 143. The van der Waals surface area contributed by atoms with Gasteiger partial charge in [-0.15, -0.1) is 5.01 Å². The first-order valence-corrected chi connectivity index (χ1v) is 3.51. The maximum absolute atomic E-state index is 10.9. The van der Waals surface area contributed by atoms with Gasteiger partial charge in [-0.05, 0) is 0 Å². The molecule has 0 aromatic rings. The molecule has 1 rings (SSSR count). The van der Waals surface area contributed by atoms with Crippen molar-refractivity contribution in [2.75, 3.05) is 33.3 Å². The quantitative estimate of drug-likeness (QED) is 0.330. The summed E-state index contributed by atoms with van der Waals surface area (Å²) in [4.78, 5) is 4.82. The van der Waals surface area contributed by atoms with E-state index in [0.717, 1.165) is 13.1 Å². The number of piperazine rings is 1. The highest BCUT2D eigenvalue weighted by atomic mass is 16.7. The number of hydrazine groups is 1. The molecule has 0 aromatic heterocycles. The zero-order valence-electron chi connectivity index (χ0n) is 6.49. The van der Waals surface area contributed by atoms with Crippen molar-refractivity contribution in [1.82, 2.24) is 10.3 Å². The number of hydrogen-bond acceptors (Lipinski definition) is 4. The van der Waals surface area contributed by atoms with E-state index < -0.39 is 0 Å². The summed E-state index contributed by atoms with van der Waals surface area (Å²) in [5.74, 6) is 0. The fourth-order valence-corrected chi connectivity index (χ4v) is 0.946. The second-order valence-corrected chi connectivity index (χ2v) is 2.22. The number of nitrogens with zero attached hydrogens (tertiary/aromatic N) is 3. The molecular formula is C5H12N4O2. The molecule has 64 valence electrons. The highest BCUT2D eigenvalue weighted by Gasteiger charge is 2.15. The van der Waals surface area contributed by atoms with E-state index in [0.29, 0.717) is 18.1 Å². The molecule has 6 nitrogen and oxygen atoms in total. The first-order valence-electron chi connectivity index (χ1n) is 3.51. The fraction of sp³-hybridized carbons (Fsp3) is 1.00. The molecule has 1 saturated heterocycles. The lowest BCUT2D eigenvalue weighted by atomic mass is 10.4. The van der Waals surface area contributed by atoms with Crippen LogP contribution >= 0.6 is 0 Å². The molecule has 1 fully saturated rings. The Labute approximate surface area is 64.9 Å². The van der Waals surface area contributed by atoms with E-state index in [4.69, 9.17) is 0 Å². The summed E-state index contributed by atoms with van der Waals surface area (Å²) >= 11 is 0. The van der Waals surface area contributed by atoms with Crippen molar-refractivity contribution in [3.05, 3.63) is 5.21 Å². The van der Waals surface area contributed by atoms with E-state index in [2.05, 4.69) is 15.4 Å². The van der Waals surface area contributed by atoms with E-state index in [-0.39, 0.29) is 0 Å². The van der Waals surface area contributed by atoms with Gasteiger partial charge in [0.25, 0.3) is 0 Å². The normalized spacial score (nSPS) is 20.1. The Kier molecular flexibility index (Phi) is 2.91. The third-order valence-corrected chi connectivity index (χ3v) is 1.49. The van der Waals surface area contributed by atoms with Crippen LogP contribution in [0, 0.1) is 5.21 Å². The second-order valence-electron chi connectivity index (χ2n) is 2.22. The lowest BCUT2D eigenvalue weighted by Gasteiger charge is -2.22. The summed E-state index contributed by atoms with van der Waals surface area (Å²) in [6.07, 6.45) is 0. The summed E-state index contributed by atoms with van der Waals surface area (Å²) in [7, 11) is 1.35. The van der Waals surface area contributed by atoms with E-state index in [1.54, 1.807) is 5.01 Å². The van der Waals surface area contributed by atoms with Gasteiger partial charge in [0.1, 0.15) is 7.11 Å². The van der Waals surface area contributed by atoms with Crippen LogP contribution in [0.1, 0.15) is 0 Å². The van der Waals surface area contributed by atoms with Crippen LogP contribution in [0.2, 0.25) is 0 Å². The van der Waals surface area contributed by atoms with Crippen molar-refractivity contribution in [2.24, 2.45) is 5.28 Å².